The number of nitrogens with one attached hydrogen (secondary N) is 1. The molecule has 0 saturated carbocycles. The molecule has 5 nitrogen and oxygen atoms in total. The van der Waals surface area contributed by atoms with Gasteiger partial charge < -0.3 is 14.8 Å². The predicted molar refractivity (Wildman–Crippen MR) is 55.9 cm³/mol. The average Bonchev–Trinajstić information content (AvgIpc) is 2.28. The Morgan fingerprint density at radius 3 is 2.87 bits per heavy atom. The van der Waals surface area contributed by atoms with E-state index in [9.17, 15) is 4.79 Å². The summed E-state index contributed by atoms with van der Waals surface area (Å²) in [4.78, 5) is 15.1. The fraction of sp³-hybridized carbons (Fsp3) is 0.400. The summed E-state index contributed by atoms with van der Waals surface area (Å²) in [5, 5.41) is 2.97. The minimum absolute atomic E-state index is 0.314. The van der Waals surface area contributed by atoms with Crippen LogP contribution in [0.2, 0.25) is 0 Å². The van der Waals surface area contributed by atoms with Gasteiger partial charge in [-0.1, -0.05) is 0 Å². The molecule has 1 aromatic heterocycles. The van der Waals surface area contributed by atoms with Crippen LogP contribution in [0.3, 0.4) is 0 Å². The van der Waals surface area contributed by atoms with Crippen molar-refractivity contribution in [2.45, 2.75) is 13.0 Å². The molecule has 0 aliphatic carbocycles. The summed E-state index contributed by atoms with van der Waals surface area (Å²) in [6.07, 6.45) is 1.60. The number of rotatable bonds is 4. The second-order valence-corrected chi connectivity index (χ2v) is 2.98. The number of anilines is 1. The molecular weight excluding hydrogens is 196 g/mol. The number of hydrogen-bond acceptors (Lipinski definition) is 5. The molecule has 1 aromatic rings. The van der Waals surface area contributed by atoms with Crippen molar-refractivity contribution in [3.63, 3.8) is 0 Å². The average molecular weight is 210 g/mol. The van der Waals surface area contributed by atoms with E-state index in [0.717, 1.165) is 5.69 Å². The second kappa shape index (κ2) is 5.19. The summed E-state index contributed by atoms with van der Waals surface area (Å²) < 4.78 is 9.55. The largest absolute Gasteiger partial charge is 0.481 e. The van der Waals surface area contributed by atoms with Gasteiger partial charge in [0.25, 0.3) is 0 Å². The number of methoxy groups -OCH3 is 2. The highest BCUT2D eigenvalue weighted by Crippen LogP contribution is 2.14. The van der Waals surface area contributed by atoms with E-state index >= 15 is 0 Å². The molecule has 5 heteroatoms. The molecule has 1 unspecified atom stereocenters. The molecule has 1 rings (SSSR count). The van der Waals surface area contributed by atoms with Crippen molar-refractivity contribution < 1.29 is 14.3 Å². The number of carbonyl (C=O) groups excluding carboxylic acids is 1. The van der Waals surface area contributed by atoms with E-state index in [-0.39, 0.29) is 5.97 Å². The molecule has 0 aliphatic heterocycles. The summed E-state index contributed by atoms with van der Waals surface area (Å²) in [5.41, 5.74) is 0.764. The van der Waals surface area contributed by atoms with Crippen molar-refractivity contribution in [2.24, 2.45) is 0 Å². The van der Waals surface area contributed by atoms with Crippen LogP contribution in [0.15, 0.2) is 18.3 Å². The second-order valence-electron chi connectivity index (χ2n) is 2.98. The van der Waals surface area contributed by atoms with Crippen LogP contribution in [0.1, 0.15) is 6.92 Å². The van der Waals surface area contributed by atoms with Crippen LogP contribution in [0.4, 0.5) is 5.69 Å². The van der Waals surface area contributed by atoms with Crippen LogP contribution in [0.25, 0.3) is 0 Å². The Morgan fingerprint density at radius 1 is 1.53 bits per heavy atom. The number of esters is 1. The lowest BCUT2D eigenvalue weighted by atomic mass is 10.3. The SMILES string of the molecule is COC(=O)C(C)Nc1ccnc(OC)c1. The molecule has 0 amide bonds. The van der Waals surface area contributed by atoms with E-state index in [0.29, 0.717) is 5.88 Å². The minimum Gasteiger partial charge on any atom is -0.481 e. The lowest BCUT2D eigenvalue weighted by molar-refractivity contribution is -0.141. The third-order valence-corrected chi connectivity index (χ3v) is 1.88. The molecule has 0 aromatic carbocycles. The van der Waals surface area contributed by atoms with E-state index in [1.807, 2.05) is 0 Å². The number of aromatic nitrogens is 1. The maximum atomic E-state index is 11.1. The zero-order valence-corrected chi connectivity index (χ0v) is 8.98. The van der Waals surface area contributed by atoms with Crippen LogP contribution in [0, 0.1) is 0 Å². The van der Waals surface area contributed by atoms with Crippen LogP contribution in [-0.4, -0.2) is 31.2 Å². The Hall–Kier alpha value is -1.78. The van der Waals surface area contributed by atoms with Gasteiger partial charge in [0.2, 0.25) is 5.88 Å². The zero-order chi connectivity index (χ0) is 11.3. The number of ether oxygens (including phenoxy) is 2. The molecule has 1 N–H and O–H groups in total. The summed E-state index contributed by atoms with van der Waals surface area (Å²) in [6.45, 7) is 1.72. The van der Waals surface area contributed by atoms with Crippen molar-refractivity contribution in [1.29, 1.82) is 0 Å². The highest BCUT2D eigenvalue weighted by molar-refractivity contribution is 5.78. The Kier molecular flexibility index (Phi) is 3.91. The molecular formula is C10H14N2O3. The van der Waals surface area contributed by atoms with E-state index < -0.39 is 6.04 Å². The third kappa shape index (κ3) is 3.12. The van der Waals surface area contributed by atoms with E-state index in [4.69, 9.17) is 4.74 Å². The smallest absolute Gasteiger partial charge is 0.327 e. The number of nitrogens with zero attached hydrogens (tertiary/aromatic N) is 1. The van der Waals surface area contributed by atoms with E-state index in [2.05, 4.69) is 15.0 Å². The van der Waals surface area contributed by atoms with Crippen LogP contribution < -0.4 is 10.1 Å². The Labute approximate surface area is 88.4 Å². The predicted octanol–water partition coefficient (Wildman–Crippen LogP) is 1.06. The zero-order valence-electron chi connectivity index (χ0n) is 8.98. The first kappa shape index (κ1) is 11.3. The van der Waals surface area contributed by atoms with Crippen LogP contribution in [0.5, 0.6) is 5.88 Å². The Balaban J connectivity index is 2.67. The van der Waals surface area contributed by atoms with Crippen molar-refractivity contribution in [1.82, 2.24) is 4.98 Å². The molecule has 0 fully saturated rings. The number of pyridine rings is 1. The normalized spacial score (nSPS) is 11.7. The summed E-state index contributed by atoms with van der Waals surface area (Å²) in [7, 11) is 2.89. The van der Waals surface area contributed by atoms with Gasteiger partial charge in [-0.2, -0.15) is 0 Å². The maximum absolute atomic E-state index is 11.1. The van der Waals surface area contributed by atoms with Gasteiger partial charge in [0.15, 0.2) is 0 Å². The first-order valence-electron chi connectivity index (χ1n) is 4.51. The van der Waals surface area contributed by atoms with Gasteiger partial charge in [0, 0.05) is 18.0 Å². The molecule has 0 saturated heterocycles. The quantitative estimate of drug-likeness (QED) is 0.753. The van der Waals surface area contributed by atoms with Gasteiger partial charge in [-0.25, -0.2) is 9.78 Å². The monoisotopic (exact) mass is 210 g/mol. The Bertz CT molecular complexity index is 341. The molecule has 82 valence electrons. The summed E-state index contributed by atoms with van der Waals surface area (Å²) in [5.74, 6) is 0.183. The van der Waals surface area contributed by atoms with Gasteiger partial charge in [0.05, 0.1) is 14.2 Å². The summed E-state index contributed by atoms with van der Waals surface area (Å²) >= 11 is 0. The lowest BCUT2D eigenvalue weighted by Crippen LogP contribution is -2.27. The van der Waals surface area contributed by atoms with Crippen molar-refractivity contribution in [2.75, 3.05) is 19.5 Å². The molecule has 0 radical (unpaired) electrons. The highest BCUT2D eigenvalue weighted by atomic mass is 16.5. The van der Waals surface area contributed by atoms with Gasteiger partial charge in [-0.15, -0.1) is 0 Å². The minimum atomic E-state index is -0.401. The molecule has 0 bridgehead atoms. The standard InChI is InChI=1S/C10H14N2O3/c1-7(10(13)15-3)12-8-4-5-11-9(6-8)14-2/h4-7H,1-3H3,(H,11,12). The van der Waals surface area contributed by atoms with Crippen LogP contribution in [-0.2, 0) is 9.53 Å². The first-order valence-corrected chi connectivity index (χ1v) is 4.51. The van der Waals surface area contributed by atoms with Crippen molar-refractivity contribution in [3.05, 3.63) is 18.3 Å². The molecule has 1 atom stereocenters. The summed E-state index contributed by atoms with van der Waals surface area (Å²) in [6, 6.07) is 3.06. The van der Waals surface area contributed by atoms with Gasteiger partial charge in [0.1, 0.15) is 6.04 Å². The van der Waals surface area contributed by atoms with E-state index in [1.54, 1.807) is 25.3 Å². The highest BCUT2D eigenvalue weighted by Gasteiger charge is 2.12. The molecule has 1 heterocycles. The lowest BCUT2D eigenvalue weighted by Gasteiger charge is -2.12. The van der Waals surface area contributed by atoms with Crippen LogP contribution >= 0.6 is 0 Å². The first-order chi connectivity index (χ1) is 7.17. The topological polar surface area (TPSA) is 60.5 Å². The van der Waals surface area contributed by atoms with Gasteiger partial charge in [-0.3, -0.25) is 0 Å². The fourth-order valence-corrected chi connectivity index (χ4v) is 1.10. The van der Waals surface area contributed by atoms with Crippen molar-refractivity contribution in [3.8, 4) is 5.88 Å². The maximum Gasteiger partial charge on any atom is 0.327 e. The number of carbonyl (C=O) groups is 1. The van der Waals surface area contributed by atoms with Gasteiger partial charge in [-0.05, 0) is 13.0 Å². The molecule has 0 spiro atoms. The van der Waals surface area contributed by atoms with Gasteiger partial charge >= 0.3 is 5.97 Å². The van der Waals surface area contributed by atoms with Crippen molar-refractivity contribution >= 4 is 11.7 Å². The Morgan fingerprint density at radius 2 is 2.27 bits per heavy atom. The van der Waals surface area contributed by atoms with E-state index in [1.165, 1.54) is 14.2 Å². The number of hydrogen-bond donors (Lipinski definition) is 1. The molecule has 0 aliphatic rings. The third-order valence-electron chi connectivity index (χ3n) is 1.88. The fourth-order valence-electron chi connectivity index (χ4n) is 1.10. The molecule has 15 heavy (non-hydrogen) atoms.